The first kappa shape index (κ1) is 13.4. The molecule has 0 saturated carbocycles. The summed E-state index contributed by atoms with van der Waals surface area (Å²) in [5.74, 6) is 0. The first-order chi connectivity index (χ1) is 8.89. The summed E-state index contributed by atoms with van der Waals surface area (Å²) in [6, 6.07) is 14.1. The lowest BCUT2D eigenvalue weighted by molar-refractivity contribution is 0.0369. The molecule has 0 radical (unpaired) electrons. The quantitative estimate of drug-likeness (QED) is 0.883. The van der Waals surface area contributed by atoms with Gasteiger partial charge in [0.25, 0.3) is 0 Å². The van der Waals surface area contributed by atoms with E-state index in [1.54, 1.807) is 0 Å². The minimum absolute atomic E-state index is 0.223. The van der Waals surface area contributed by atoms with Crippen LogP contribution in [0.1, 0.15) is 32.4 Å². The third-order valence-corrected chi connectivity index (χ3v) is 3.13. The molecular weight excluding hydrogens is 238 g/mol. The number of rotatable bonds is 2. The van der Waals surface area contributed by atoms with Crippen LogP contribution in [0.15, 0.2) is 42.5 Å². The number of hydrogen-bond donors (Lipinski definition) is 1. The molecule has 0 bridgehead atoms. The average molecular weight is 257 g/mol. The van der Waals surface area contributed by atoms with Crippen LogP contribution < -0.4 is 5.73 Å². The Morgan fingerprint density at radius 1 is 1.11 bits per heavy atom. The van der Waals surface area contributed by atoms with E-state index in [2.05, 4.69) is 0 Å². The van der Waals surface area contributed by atoms with Crippen LogP contribution in [0.2, 0.25) is 0 Å². The molecule has 3 nitrogen and oxygen atoms in total. The second kappa shape index (κ2) is 4.92. The molecule has 0 aliphatic heterocycles. The zero-order chi connectivity index (χ0) is 14.0. The Hall–Kier alpha value is -2.03. The van der Waals surface area contributed by atoms with E-state index in [0.29, 0.717) is 0 Å². The largest absolute Gasteiger partial charge is 0.441 e. The van der Waals surface area contributed by atoms with E-state index < -0.39 is 6.09 Å². The number of hydrogen-bond acceptors (Lipinski definition) is 2. The highest BCUT2D eigenvalue weighted by molar-refractivity contribution is 5.86. The molecule has 0 aliphatic rings. The van der Waals surface area contributed by atoms with Crippen molar-refractivity contribution in [3.8, 4) is 0 Å². The van der Waals surface area contributed by atoms with Gasteiger partial charge in [-0.25, -0.2) is 4.79 Å². The monoisotopic (exact) mass is 257 g/mol. The highest BCUT2D eigenvalue weighted by atomic mass is 16.6. The van der Waals surface area contributed by atoms with E-state index in [-0.39, 0.29) is 11.5 Å². The Balaban J connectivity index is 2.59. The van der Waals surface area contributed by atoms with Crippen molar-refractivity contribution in [2.75, 3.05) is 0 Å². The maximum absolute atomic E-state index is 11.2. The molecule has 2 aromatic carbocycles. The standard InChI is InChI=1S/C16H19NO2/c1-16(2,3)14(19-15(17)18)13-10-6-8-11-7-4-5-9-12(11)13/h4-10,14H,1-3H3,(H2,17,18). The summed E-state index contributed by atoms with van der Waals surface area (Å²) in [4.78, 5) is 11.2. The molecule has 1 atom stereocenters. The summed E-state index contributed by atoms with van der Waals surface area (Å²) in [5, 5.41) is 2.22. The van der Waals surface area contributed by atoms with E-state index in [1.807, 2.05) is 63.2 Å². The molecule has 0 saturated heterocycles. The van der Waals surface area contributed by atoms with Gasteiger partial charge in [-0.2, -0.15) is 0 Å². The fourth-order valence-corrected chi connectivity index (χ4v) is 2.30. The summed E-state index contributed by atoms with van der Waals surface area (Å²) in [6.07, 6.45) is -1.11. The van der Waals surface area contributed by atoms with Gasteiger partial charge >= 0.3 is 6.09 Å². The normalized spacial score (nSPS) is 13.2. The van der Waals surface area contributed by atoms with Crippen molar-refractivity contribution < 1.29 is 9.53 Å². The fraction of sp³-hybridized carbons (Fsp3) is 0.312. The molecule has 0 fully saturated rings. The second-order valence-corrected chi connectivity index (χ2v) is 5.75. The van der Waals surface area contributed by atoms with Crippen LogP contribution in [0, 0.1) is 5.41 Å². The number of nitrogens with two attached hydrogens (primary N) is 1. The number of fused-ring (bicyclic) bond motifs is 1. The molecule has 0 aromatic heterocycles. The molecule has 0 heterocycles. The van der Waals surface area contributed by atoms with Crippen molar-refractivity contribution >= 4 is 16.9 Å². The van der Waals surface area contributed by atoms with Crippen LogP contribution in [0.4, 0.5) is 4.79 Å². The predicted molar refractivity (Wildman–Crippen MR) is 76.8 cm³/mol. The Morgan fingerprint density at radius 3 is 2.37 bits per heavy atom. The Kier molecular flexibility index (Phi) is 3.47. The molecule has 19 heavy (non-hydrogen) atoms. The van der Waals surface area contributed by atoms with Crippen molar-refractivity contribution in [1.29, 1.82) is 0 Å². The Bertz CT molecular complexity index is 594. The molecule has 2 N–H and O–H groups in total. The maximum Gasteiger partial charge on any atom is 0.405 e. The molecule has 3 heteroatoms. The molecule has 2 rings (SSSR count). The fourth-order valence-electron chi connectivity index (χ4n) is 2.30. The number of carbonyl (C=O) groups is 1. The first-order valence-corrected chi connectivity index (χ1v) is 6.33. The van der Waals surface area contributed by atoms with Crippen LogP contribution in [-0.4, -0.2) is 6.09 Å². The lowest BCUT2D eigenvalue weighted by atomic mass is 9.83. The lowest BCUT2D eigenvalue weighted by Crippen LogP contribution is -2.27. The third-order valence-electron chi connectivity index (χ3n) is 3.13. The van der Waals surface area contributed by atoms with E-state index in [9.17, 15) is 4.79 Å². The molecular formula is C16H19NO2. The molecule has 2 aromatic rings. The van der Waals surface area contributed by atoms with Gasteiger partial charge in [-0.1, -0.05) is 63.2 Å². The summed E-state index contributed by atoms with van der Waals surface area (Å²) >= 11 is 0. The zero-order valence-corrected chi connectivity index (χ0v) is 11.5. The Labute approximate surface area is 113 Å². The summed E-state index contributed by atoms with van der Waals surface area (Å²) in [6.45, 7) is 6.09. The van der Waals surface area contributed by atoms with Gasteiger partial charge in [-0.05, 0) is 10.8 Å². The second-order valence-electron chi connectivity index (χ2n) is 5.75. The number of ether oxygens (including phenoxy) is 1. The van der Waals surface area contributed by atoms with Gasteiger partial charge in [0.1, 0.15) is 6.10 Å². The van der Waals surface area contributed by atoms with Gasteiger partial charge in [0.2, 0.25) is 0 Å². The third kappa shape index (κ3) is 2.87. The SMILES string of the molecule is CC(C)(C)C(OC(N)=O)c1cccc2ccccc12. The summed E-state index contributed by atoms with van der Waals surface area (Å²) < 4.78 is 5.35. The maximum atomic E-state index is 11.2. The number of amides is 1. The van der Waals surface area contributed by atoms with Crippen molar-refractivity contribution in [3.63, 3.8) is 0 Å². The van der Waals surface area contributed by atoms with Crippen LogP contribution in [0.25, 0.3) is 10.8 Å². The van der Waals surface area contributed by atoms with Gasteiger partial charge in [-0.3, -0.25) is 0 Å². The molecule has 0 spiro atoms. The molecule has 0 aliphatic carbocycles. The molecule has 1 unspecified atom stereocenters. The number of primary amides is 1. The van der Waals surface area contributed by atoms with E-state index in [1.165, 1.54) is 0 Å². The van der Waals surface area contributed by atoms with Gasteiger partial charge in [0.15, 0.2) is 0 Å². The van der Waals surface area contributed by atoms with E-state index in [0.717, 1.165) is 16.3 Å². The highest BCUT2D eigenvalue weighted by Crippen LogP contribution is 2.39. The average Bonchev–Trinajstić information content (AvgIpc) is 2.34. The smallest absolute Gasteiger partial charge is 0.405 e. The van der Waals surface area contributed by atoms with Gasteiger partial charge < -0.3 is 10.5 Å². The number of carbonyl (C=O) groups excluding carboxylic acids is 1. The predicted octanol–water partition coefficient (Wildman–Crippen LogP) is 4.02. The van der Waals surface area contributed by atoms with Crippen LogP contribution in [0.5, 0.6) is 0 Å². The van der Waals surface area contributed by atoms with Crippen LogP contribution >= 0.6 is 0 Å². The van der Waals surface area contributed by atoms with Gasteiger partial charge in [0.05, 0.1) is 0 Å². The van der Waals surface area contributed by atoms with E-state index in [4.69, 9.17) is 10.5 Å². The highest BCUT2D eigenvalue weighted by Gasteiger charge is 2.30. The van der Waals surface area contributed by atoms with E-state index >= 15 is 0 Å². The minimum Gasteiger partial charge on any atom is -0.441 e. The first-order valence-electron chi connectivity index (χ1n) is 6.33. The topological polar surface area (TPSA) is 52.3 Å². The van der Waals surface area contributed by atoms with Crippen LogP contribution in [0.3, 0.4) is 0 Å². The number of benzene rings is 2. The minimum atomic E-state index is -0.743. The van der Waals surface area contributed by atoms with Crippen molar-refractivity contribution in [2.24, 2.45) is 11.1 Å². The lowest BCUT2D eigenvalue weighted by Gasteiger charge is -2.30. The zero-order valence-electron chi connectivity index (χ0n) is 11.5. The Morgan fingerprint density at radius 2 is 1.74 bits per heavy atom. The van der Waals surface area contributed by atoms with Crippen molar-refractivity contribution in [1.82, 2.24) is 0 Å². The summed E-state index contributed by atoms with van der Waals surface area (Å²) in [5.41, 5.74) is 5.98. The molecule has 100 valence electrons. The molecule has 1 amide bonds. The van der Waals surface area contributed by atoms with Crippen molar-refractivity contribution in [2.45, 2.75) is 26.9 Å². The van der Waals surface area contributed by atoms with Gasteiger partial charge in [-0.15, -0.1) is 0 Å². The van der Waals surface area contributed by atoms with Gasteiger partial charge in [0, 0.05) is 11.0 Å². The summed E-state index contributed by atoms with van der Waals surface area (Å²) in [7, 11) is 0. The van der Waals surface area contributed by atoms with Crippen molar-refractivity contribution in [3.05, 3.63) is 48.0 Å². The van der Waals surface area contributed by atoms with Crippen LogP contribution in [-0.2, 0) is 4.74 Å².